The molecule has 0 aromatic heterocycles. The van der Waals surface area contributed by atoms with E-state index in [0.717, 1.165) is 37.2 Å². The van der Waals surface area contributed by atoms with Crippen LogP contribution >= 0.6 is 0 Å². The molecule has 0 radical (unpaired) electrons. The zero-order valence-electron chi connectivity index (χ0n) is 15.6. The van der Waals surface area contributed by atoms with Gasteiger partial charge in [-0.05, 0) is 50.5 Å². The SMILES string of the molecule is CO[Si](CCC(C)Oc1ccc(N2CCCCC2=O)cc1)(OC)OC. The van der Waals surface area contributed by atoms with E-state index in [9.17, 15) is 4.79 Å². The largest absolute Gasteiger partial charge is 0.500 e. The van der Waals surface area contributed by atoms with Crippen LogP contribution in [0.2, 0.25) is 6.04 Å². The molecule has 1 amide bonds. The van der Waals surface area contributed by atoms with Crippen molar-refractivity contribution in [1.29, 1.82) is 0 Å². The molecule has 140 valence electrons. The number of anilines is 1. The molecule has 0 N–H and O–H groups in total. The maximum atomic E-state index is 12.0. The summed E-state index contributed by atoms with van der Waals surface area (Å²) in [4.78, 5) is 13.8. The van der Waals surface area contributed by atoms with Crippen molar-refractivity contribution in [3.05, 3.63) is 24.3 Å². The highest BCUT2D eigenvalue weighted by Crippen LogP contribution is 2.25. The number of amides is 1. The molecule has 1 atom stereocenters. The minimum atomic E-state index is -2.56. The zero-order chi connectivity index (χ0) is 18.3. The van der Waals surface area contributed by atoms with Crippen molar-refractivity contribution in [2.45, 2.75) is 44.8 Å². The summed E-state index contributed by atoms with van der Waals surface area (Å²) < 4.78 is 22.3. The highest BCUT2D eigenvalue weighted by Gasteiger charge is 2.37. The molecule has 1 aliphatic heterocycles. The van der Waals surface area contributed by atoms with Gasteiger partial charge in [0.05, 0.1) is 6.10 Å². The second-order valence-corrected chi connectivity index (χ2v) is 9.35. The van der Waals surface area contributed by atoms with Crippen molar-refractivity contribution < 1.29 is 22.8 Å². The Morgan fingerprint density at radius 1 is 1.08 bits per heavy atom. The van der Waals surface area contributed by atoms with Gasteiger partial charge in [0, 0.05) is 46.0 Å². The van der Waals surface area contributed by atoms with Crippen LogP contribution in [-0.2, 0) is 18.1 Å². The summed E-state index contributed by atoms with van der Waals surface area (Å²) in [5.41, 5.74) is 0.939. The lowest BCUT2D eigenvalue weighted by molar-refractivity contribution is -0.119. The molecule has 1 aromatic rings. The van der Waals surface area contributed by atoms with Crippen molar-refractivity contribution in [3.8, 4) is 5.75 Å². The third kappa shape index (κ3) is 5.28. The van der Waals surface area contributed by atoms with Crippen LogP contribution in [0.15, 0.2) is 24.3 Å². The average Bonchev–Trinajstić information content (AvgIpc) is 2.64. The fraction of sp³-hybridized carbons (Fsp3) is 0.611. The first-order valence-corrected chi connectivity index (χ1v) is 10.7. The van der Waals surface area contributed by atoms with Gasteiger partial charge in [-0.3, -0.25) is 4.79 Å². The normalized spacial score (nSPS) is 16.8. The van der Waals surface area contributed by atoms with Gasteiger partial charge >= 0.3 is 8.80 Å². The van der Waals surface area contributed by atoms with Crippen molar-refractivity contribution in [1.82, 2.24) is 0 Å². The van der Waals surface area contributed by atoms with Crippen LogP contribution < -0.4 is 9.64 Å². The molecule has 1 aliphatic rings. The lowest BCUT2D eigenvalue weighted by Gasteiger charge is -2.27. The Labute approximate surface area is 151 Å². The molecule has 1 unspecified atom stereocenters. The Morgan fingerprint density at radius 2 is 1.72 bits per heavy atom. The quantitative estimate of drug-likeness (QED) is 0.627. The molecule has 1 heterocycles. The van der Waals surface area contributed by atoms with Crippen LogP contribution in [-0.4, -0.2) is 48.7 Å². The van der Waals surface area contributed by atoms with Crippen molar-refractivity contribution in [2.75, 3.05) is 32.8 Å². The zero-order valence-corrected chi connectivity index (χ0v) is 16.6. The highest BCUT2D eigenvalue weighted by atomic mass is 28.4. The number of hydrogen-bond donors (Lipinski definition) is 0. The van der Waals surface area contributed by atoms with E-state index in [2.05, 4.69) is 0 Å². The van der Waals surface area contributed by atoms with Gasteiger partial charge in [0.25, 0.3) is 0 Å². The number of benzene rings is 1. The van der Waals surface area contributed by atoms with Crippen molar-refractivity contribution in [3.63, 3.8) is 0 Å². The fourth-order valence-corrected chi connectivity index (χ4v) is 4.88. The Balaban J connectivity index is 1.89. The molecule has 7 heteroatoms. The molecule has 2 rings (SSSR count). The van der Waals surface area contributed by atoms with Crippen LogP contribution in [0.5, 0.6) is 5.75 Å². The lowest BCUT2D eigenvalue weighted by atomic mass is 10.1. The van der Waals surface area contributed by atoms with Crippen LogP contribution in [0.25, 0.3) is 0 Å². The maximum Gasteiger partial charge on any atom is 0.500 e. The summed E-state index contributed by atoms with van der Waals surface area (Å²) in [6.45, 7) is 2.81. The smallest absolute Gasteiger partial charge is 0.491 e. The van der Waals surface area contributed by atoms with Gasteiger partial charge in [0.15, 0.2) is 0 Å². The fourth-order valence-electron chi connectivity index (χ4n) is 3.01. The van der Waals surface area contributed by atoms with Gasteiger partial charge in [0.2, 0.25) is 5.91 Å². The second kappa shape index (κ2) is 9.33. The minimum Gasteiger partial charge on any atom is -0.491 e. The molecule has 1 fully saturated rings. The molecular formula is C18H29NO5Si. The van der Waals surface area contributed by atoms with E-state index in [4.69, 9.17) is 18.0 Å². The summed E-state index contributed by atoms with van der Waals surface area (Å²) in [6, 6.07) is 8.42. The number of ether oxygens (including phenoxy) is 1. The Morgan fingerprint density at radius 3 is 2.28 bits per heavy atom. The first-order valence-electron chi connectivity index (χ1n) is 8.76. The molecule has 1 saturated heterocycles. The monoisotopic (exact) mass is 367 g/mol. The Bertz CT molecular complexity index is 539. The van der Waals surface area contributed by atoms with Crippen LogP contribution in [0.3, 0.4) is 0 Å². The van der Waals surface area contributed by atoms with Crippen LogP contribution in [0, 0.1) is 0 Å². The van der Waals surface area contributed by atoms with Crippen molar-refractivity contribution >= 4 is 20.4 Å². The number of carbonyl (C=O) groups excluding carboxylic acids is 1. The Kier molecular flexibility index (Phi) is 7.43. The first-order chi connectivity index (χ1) is 12.0. The number of nitrogens with zero attached hydrogens (tertiary/aromatic N) is 1. The number of carbonyl (C=O) groups is 1. The molecule has 0 saturated carbocycles. The van der Waals surface area contributed by atoms with Gasteiger partial charge in [-0.2, -0.15) is 0 Å². The highest BCUT2D eigenvalue weighted by molar-refractivity contribution is 6.60. The molecule has 0 bridgehead atoms. The van der Waals surface area contributed by atoms with Gasteiger partial charge in [-0.15, -0.1) is 0 Å². The molecule has 6 nitrogen and oxygen atoms in total. The minimum absolute atomic E-state index is 0.00907. The van der Waals surface area contributed by atoms with E-state index in [0.29, 0.717) is 12.5 Å². The first kappa shape index (κ1) is 19.9. The van der Waals surface area contributed by atoms with E-state index in [1.54, 1.807) is 21.3 Å². The number of hydrogen-bond acceptors (Lipinski definition) is 5. The van der Waals surface area contributed by atoms with Crippen molar-refractivity contribution in [2.24, 2.45) is 0 Å². The van der Waals surface area contributed by atoms with E-state index in [1.807, 2.05) is 36.1 Å². The van der Waals surface area contributed by atoms with Gasteiger partial charge in [-0.1, -0.05) is 0 Å². The van der Waals surface area contributed by atoms with Gasteiger partial charge < -0.3 is 22.9 Å². The number of piperidine rings is 1. The third-order valence-corrected chi connectivity index (χ3v) is 7.37. The maximum absolute atomic E-state index is 12.0. The van der Waals surface area contributed by atoms with E-state index < -0.39 is 8.80 Å². The second-order valence-electron chi connectivity index (χ2n) is 6.26. The van der Waals surface area contributed by atoms with Crippen LogP contribution in [0.1, 0.15) is 32.6 Å². The molecule has 0 aliphatic carbocycles. The summed E-state index contributed by atoms with van der Waals surface area (Å²) in [6.07, 6.45) is 3.47. The predicted octanol–water partition coefficient (Wildman–Crippen LogP) is 3.24. The summed E-state index contributed by atoms with van der Waals surface area (Å²) in [5.74, 6) is 0.994. The molecule has 0 spiro atoms. The molecule has 25 heavy (non-hydrogen) atoms. The van der Waals surface area contributed by atoms with E-state index in [1.165, 1.54) is 0 Å². The average molecular weight is 368 g/mol. The van der Waals surface area contributed by atoms with Crippen LogP contribution in [0.4, 0.5) is 5.69 Å². The Hall–Kier alpha value is -1.41. The van der Waals surface area contributed by atoms with E-state index in [-0.39, 0.29) is 12.0 Å². The summed E-state index contributed by atoms with van der Waals surface area (Å²) in [5, 5.41) is 0. The number of rotatable bonds is 9. The summed E-state index contributed by atoms with van der Waals surface area (Å²) >= 11 is 0. The van der Waals surface area contributed by atoms with Gasteiger partial charge in [0.1, 0.15) is 5.75 Å². The third-order valence-electron chi connectivity index (χ3n) is 4.60. The van der Waals surface area contributed by atoms with Gasteiger partial charge in [-0.25, -0.2) is 0 Å². The van der Waals surface area contributed by atoms with E-state index >= 15 is 0 Å². The predicted molar refractivity (Wildman–Crippen MR) is 98.9 cm³/mol. The lowest BCUT2D eigenvalue weighted by Crippen LogP contribution is -2.43. The molecule has 1 aromatic carbocycles. The summed E-state index contributed by atoms with van der Waals surface area (Å²) in [7, 11) is 2.29. The topological polar surface area (TPSA) is 57.2 Å². The molecular weight excluding hydrogens is 338 g/mol. The standard InChI is InChI=1S/C18H29NO5Si/c1-15(12-14-25(21-2,22-3)23-4)24-17-10-8-16(9-11-17)19-13-6-5-7-18(19)20/h8-11,15H,5-7,12-14H2,1-4H3.